The van der Waals surface area contributed by atoms with Crippen LogP contribution in [0.4, 0.5) is 15.9 Å². The van der Waals surface area contributed by atoms with E-state index in [4.69, 9.17) is 21.1 Å². The van der Waals surface area contributed by atoms with Gasteiger partial charge in [-0.05, 0) is 37.1 Å². The average Bonchev–Trinajstić information content (AvgIpc) is 2.76. The molecular weight excluding hydrogens is 459 g/mol. The minimum atomic E-state index is -3.21. The van der Waals surface area contributed by atoms with Crippen molar-refractivity contribution < 1.29 is 22.3 Å². The molecule has 8 nitrogen and oxygen atoms in total. The van der Waals surface area contributed by atoms with Gasteiger partial charge in [0.05, 0.1) is 23.9 Å². The van der Waals surface area contributed by atoms with Gasteiger partial charge in [-0.2, -0.15) is 0 Å². The molecule has 1 saturated heterocycles. The van der Waals surface area contributed by atoms with Crippen LogP contribution in [0.1, 0.15) is 12.8 Å². The van der Waals surface area contributed by atoms with Crippen molar-refractivity contribution >= 4 is 44.0 Å². The molecule has 3 aromatic rings. The summed E-state index contributed by atoms with van der Waals surface area (Å²) in [6.45, 7) is 0.807. The fourth-order valence-corrected chi connectivity index (χ4v) is 4.64. The molecule has 11 heteroatoms. The number of ether oxygens (including phenoxy) is 2. The average molecular weight is 481 g/mol. The van der Waals surface area contributed by atoms with E-state index in [-0.39, 0.29) is 11.1 Å². The first kappa shape index (κ1) is 22.5. The molecule has 170 valence electrons. The molecule has 4 rings (SSSR count). The summed E-state index contributed by atoms with van der Waals surface area (Å²) in [5, 5.41) is 3.81. The summed E-state index contributed by atoms with van der Waals surface area (Å²) in [5.41, 5.74) is 1.20. The Morgan fingerprint density at radius 2 is 1.91 bits per heavy atom. The van der Waals surface area contributed by atoms with Crippen LogP contribution in [0.25, 0.3) is 10.9 Å². The maximum absolute atomic E-state index is 13.5. The number of anilines is 2. The first-order chi connectivity index (χ1) is 15.2. The molecule has 1 aliphatic heterocycles. The van der Waals surface area contributed by atoms with E-state index in [1.807, 2.05) is 0 Å². The maximum Gasteiger partial charge on any atom is 0.211 e. The fraction of sp³-hybridized carbons (Fsp3) is 0.333. The van der Waals surface area contributed by atoms with Gasteiger partial charge in [0.1, 0.15) is 24.1 Å². The van der Waals surface area contributed by atoms with Crippen LogP contribution in [0.5, 0.6) is 11.5 Å². The van der Waals surface area contributed by atoms with Crippen LogP contribution in [0, 0.1) is 5.82 Å². The number of fused-ring (bicyclic) bond motifs is 1. The zero-order valence-electron chi connectivity index (χ0n) is 17.5. The van der Waals surface area contributed by atoms with Crippen LogP contribution in [-0.2, 0) is 10.0 Å². The van der Waals surface area contributed by atoms with Crippen LogP contribution >= 0.6 is 11.6 Å². The number of hydrogen-bond acceptors (Lipinski definition) is 7. The van der Waals surface area contributed by atoms with Gasteiger partial charge in [0.15, 0.2) is 11.5 Å². The molecule has 0 spiro atoms. The number of methoxy groups -OCH3 is 1. The standard InChI is InChI=1S/C21H22ClFN4O4S/c1-30-19-11-18-15(10-20(19)31-14-5-7-27(8-6-14)32(2,28)29)21(25-12-24-18)26-13-3-4-17(23)16(22)9-13/h3-4,9-12,14H,5-8H2,1-2H3,(H,24,25,26). The third kappa shape index (κ3) is 4.87. The van der Waals surface area contributed by atoms with Crippen molar-refractivity contribution in [1.82, 2.24) is 14.3 Å². The summed E-state index contributed by atoms with van der Waals surface area (Å²) in [5.74, 6) is 1.01. The van der Waals surface area contributed by atoms with Crippen molar-refractivity contribution in [2.45, 2.75) is 18.9 Å². The molecule has 0 bridgehead atoms. The maximum atomic E-state index is 13.5. The van der Waals surface area contributed by atoms with Crippen molar-refractivity contribution in [2.75, 3.05) is 31.8 Å². The molecule has 1 fully saturated rings. The summed E-state index contributed by atoms with van der Waals surface area (Å²) >= 11 is 5.88. The summed E-state index contributed by atoms with van der Waals surface area (Å²) < 4.78 is 50.1. The van der Waals surface area contributed by atoms with Crippen molar-refractivity contribution in [3.8, 4) is 11.5 Å². The number of benzene rings is 2. The van der Waals surface area contributed by atoms with Gasteiger partial charge >= 0.3 is 0 Å². The highest BCUT2D eigenvalue weighted by Gasteiger charge is 2.27. The van der Waals surface area contributed by atoms with Gasteiger partial charge in [0, 0.05) is 30.2 Å². The zero-order valence-corrected chi connectivity index (χ0v) is 19.1. The summed E-state index contributed by atoms with van der Waals surface area (Å²) in [4.78, 5) is 8.61. The Balaban J connectivity index is 1.61. The third-order valence-electron chi connectivity index (χ3n) is 5.27. The summed E-state index contributed by atoms with van der Waals surface area (Å²) in [6, 6.07) is 7.84. The van der Waals surface area contributed by atoms with Crippen LogP contribution in [0.3, 0.4) is 0 Å². The summed E-state index contributed by atoms with van der Waals surface area (Å²) in [6.07, 6.45) is 3.61. The zero-order chi connectivity index (χ0) is 22.9. The second kappa shape index (κ2) is 9.05. The van der Waals surface area contributed by atoms with E-state index < -0.39 is 15.8 Å². The lowest BCUT2D eigenvalue weighted by atomic mass is 10.1. The normalized spacial score (nSPS) is 15.6. The topological polar surface area (TPSA) is 93.7 Å². The molecule has 0 unspecified atom stereocenters. The molecule has 2 aromatic carbocycles. The van der Waals surface area contributed by atoms with Gasteiger partial charge in [-0.1, -0.05) is 11.6 Å². The van der Waals surface area contributed by atoms with E-state index >= 15 is 0 Å². The van der Waals surface area contributed by atoms with E-state index in [2.05, 4.69) is 15.3 Å². The van der Waals surface area contributed by atoms with Crippen LogP contribution in [-0.4, -0.2) is 55.3 Å². The van der Waals surface area contributed by atoms with Gasteiger partial charge in [0.25, 0.3) is 0 Å². The van der Waals surface area contributed by atoms with Crippen LogP contribution in [0.2, 0.25) is 5.02 Å². The number of nitrogens with zero attached hydrogens (tertiary/aromatic N) is 3. The molecule has 0 radical (unpaired) electrons. The highest BCUT2D eigenvalue weighted by atomic mass is 35.5. The van der Waals surface area contributed by atoms with Crippen LogP contribution in [0.15, 0.2) is 36.7 Å². The second-order valence-corrected chi connectivity index (χ2v) is 9.87. The third-order valence-corrected chi connectivity index (χ3v) is 6.86. The Labute approximate surface area is 190 Å². The van der Waals surface area contributed by atoms with E-state index in [0.717, 1.165) is 0 Å². The molecule has 1 aromatic heterocycles. The number of sulfonamides is 1. The van der Waals surface area contributed by atoms with Gasteiger partial charge in [-0.15, -0.1) is 0 Å². The van der Waals surface area contributed by atoms with Crippen LogP contribution < -0.4 is 14.8 Å². The van der Waals surface area contributed by atoms with E-state index in [9.17, 15) is 12.8 Å². The summed E-state index contributed by atoms with van der Waals surface area (Å²) in [7, 11) is -1.67. The van der Waals surface area contributed by atoms with Gasteiger partial charge in [0.2, 0.25) is 10.0 Å². The minimum absolute atomic E-state index is 0.000473. The lowest BCUT2D eigenvalue weighted by molar-refractivity contribution is 0.131. The second-order valence-electron chi connectivity index (χ2n) is 7.48. The Bertz CT molecular complexity index is 1250. The fourth-order valence-electron chi connectivity index (χ4n) is 3.59. The lowest BCUT2D eigenvalue weighted by Crippen LogP contribution is -2.41. The Hall–Kier alpha value is -2.69. The molecule has 0 amide bonds. The van der Waals surface area contributed by atoms with E-state index in [0.29, 0.717) is 59.8 Å². The number of aromatic nitrogens is 2. The van der Waals surface area contributed by atoms with Gasteiger partial charge < -0.3 is 14.8 Å². The predicted molar refractivity (Wildman–Crippen MR) is 121 cm³/mol. The van der Waals surface area contributed by atoms with E-state index in [1.165, 1.54) is 29.0 Å². The quantitative estimate of drug-likeness (QED) is 0.570. The van der Waals surface area contributed by atoms with Gasteiger partial charge in [-0.3, -0.25) is 0 Å². The molecule has 0 saturated carbocycles. The van der Waals surface area contributed by atoms with E-state index in [1.54, 1.807) is 25.3 Å². The highest BCUT2D eigenvalue weighted by molar-refractivity contribution is 7.88. The number of halogens is 2. The SMILES string of the molecule is COc1cc2ncnc(Nc3ccc(F)c(Cl)c3)c2cc1OC1CCN(S(C)(=O)=O)CC1. The first-order valence-corrected chi connectivity index (χ1v) is 12.1. The largest absolute Gasteiger partial charge is 0.493 e. The Morgan fingerprint density at radius 3 is 2.56 bits per heavy atom. The molecule has 0 atom stereocenters. The highest BCUT2D eigenvalue weighted by Crippen LogP contribution is 2.36. The van der Waals surface area contributed by atoms with Gasteiger partial charge in [-0.25, -0.2) is 27.1 Å². The number of hydrogen-bond donors (Lipinski definition) is 1. The molecular formula is C21H22ClFN4O4S. The number of rotatable bonds is 6. The van der Waals surface area contributed by atoms with Crippen molar-refractivity contribution in [1.29, 1.82) is 0 Å². The molecule has 32 heavy (non-hydrogen) atoms. The Kier molecular flexibility index (Phi) is 6.36. The van der Waals surface area contributed by atoms with Crippen molar-refractivity contribution in [3.63, 3.8) is 0 Å². The molecule has 2 heterocycles. The minimum Gasteiger partial charge on any atom is -0.493 e. The first-order valence-electron chi connectivity index (χ1n) is 9.91. The van der Waals surface area contributed by atoms with Crippen molar-refractivity contribution in [2.24, 2.45) is 0 Å². The predicted octanol–water partition coefficient (Wildman–Crippen LogP) is 3.98. The lowest BCUT2D eigenvalue weighted by Gasteiger charge is -2.30. The molecule has 0 aliphatic carbocycles. The number of piperidine rings is 1. The Morgan fingerprint density at radius 1 is 1.16 bits per heavy atom. The monoisotopic (exact) mass is 480 g/mol. The molecule has 1 aliphatic rings. The number of nitrogens with one attached hydrogen (secondary N) is 1. The molecule has 1 N–H and O–H groups in total. The van der Waals surface area contributed by atoms with Crippen molar-refractivity contribution in [3.05, 3.63) is 47.5 Å². The smallest absolute Gasteiger partial charge is 0.211 e.